The van der Waals surface area contributed by atoms with Crippen LogP contribution in [-0.2, 0) is 7.05 Å². The molecule has 6 heteroatoms. The summed E-state index contributed by atoms with van der Waals surface area (Å²) in [5, 5.41) is 16.4. The fraction of sp³-hybridized carbons (Fsp3) is 0.636. The van der Waals surface area contributed by atoms with E-state index in [-0.39, 0.29) is 12.5 Å². The molecule has 0 aliphatic rings. The van der Waals surface area contributed by atoms with Gasteiger partial charge >= 0.3 is 0 Å². The van der Waals surface area contributed by atoms with E-state index in [1.165, 1.54) is 0 Å². The first-order valence-corrected chi connectivity index (χ1v) is 5.51. The fourth-order valence-electron chi connectivity index (χ4n) is 1.61. The highest BCUT2D eigenvalue weighted by Gasteiger charge is 2.13. The molecule has 1 aromatic rings. The Morgan fingerprint density at radius 1 is 1.65 bits per heavy atom. The summed E-state index contributed by atoms with van der Waals surface area (Å²) in [5.74, 6) is -0.201. The van der Waals surface area contributed by atoms with E-state index in [1.807, 2.05) is 19.0 Å². The summed E-state index contributed by atoms with van der Waals surface area (Å²) in [6.45, 7) is 2.54. The average molecular weight is 240 g/mol. The van der Waals surface area contributed by atoms with Crippen LogP contribution in [0.4, 0.5) is 0 Å². The van der Waals surface area contributed by atoms with Crippen molar-refractivity contribution in [2.75, 3.05) is 27.2 Å². The molecule has 0 spiro atoms. The van der Waals surface area contributed by atoms with Crippen molar-refractivity contribution in [1.29, 1.82) is 0 Å². The first-order chi connectivity index (χ1) is 7.90. The molecule has 1 unspecified atom stereocenters. The number of nitrogens with zero attached hydrogens (tertiary/aromatic N) is 3. The molecule has 17 heavy (non-hydrogen) atoms. The van der Waals surface area contributed by atoms with Crippen molar-refractivity contribution >= 4 is 5.91 Å². The number of likely N-dealkylation sites (N-methyl/N-ethyl adjacent to an activating group) is 1. The third-order valence-electron chi connectivity index (χ3n) is 2.33. The Hall–Kier alpha value is -1.40. The molecular formula is C11H20N4O2. The SMILES string of the molecule is Cc1nn(C)cc1C(=O)NCC(O)CN(C)C. The van der Waals surface area contributed by atoms with E-state index < -0.39 is 6.10 Å². The normalized spacial score (nSPS) is 12.8. The van der Waals surface area contributed by atoms with Gasteiger partial charge in [0.2, 0.25) is 0 Å². The molecular weight excluding hydrogens is 220 g/mol. The summed E-state index contributed by atoms with van der Waals surface area (Å²) in [4.78, 5) is 13.6. The Morgan fingerprint density at radius 3 is 2.76 bits per heavy atom. The maximum absolute atomic E-state index is 11.8. The summed E-state index contributed by atoms with van der Waals surface area (Å²) < 4.78 is 1.60. The number of aryl methyl sites for hydroxylation is 2. The highest BCUT2D eigenvalue weighted by Crippen LogP contribution is 2.03. The van der Waals surface area contributed by atoms with Crippen molar-refractivity contribution in [1.82, 2.24) is 20.0 Å². The van der Waals surface area contributed by atoms with Crippen LogP contribution in [0.5, 0.6) is 0 Å². The van der Waals surface area contributed by atoms with Crippen LogP contribution >= 0.6 is 0 Å². The highest BCUT2D eigenvalue weighted by atomic mass is 16.3. The van der Waals surface area contributed by atoms with Crippen LogP contribution in [0.1, 0.15) is 16.1 Å². The minimum Gasteiger partial charge on any atom is -0.390 e. The minimum atomic E-state index is -0.564. The Kier molecular flexibility index (Phi) is 4.65. The highest BCUT2D eigenvalue weighted by molar-refractivity contribution is 5.94. The lowest BCUT2D eigenvalue weighted by molar-refractivity contribution is 0.0891. The minimum absolute atomic E-state index is 0.201. The molecule has 1 aromatic heterocycles. The topological polar surface area (TPSA) is 70.4 Å². The van der Waals surface area contributed by atoms with Crippen LogP contribution in [-0.4, -0.2) is 59.0 Å². The molecule has 0 aromatic carbocycles. The predicted molar refractivity (Wildman–Crippen MR) is 64.8 cm³/mol. The second-order valence-electron chi connectivity index (χ2n) is 4.43. The summed E-state index contributed by atoms with van der Waals surface area (Å²) in [6.07, 6.45) is 1.11. The maximum Gasteiger partial charge on any atom is 0.254 e. The van der Waals surface area contributed by atoms with E-state index in [4.69, 9.17) is 0 Å². The molecule has 0 radical (unpaired) electrons. The standard InChI is InChI=1S/C11H20N4O2/c1-8-10(7-15(4)13-8)11(17)12-5-9(16)6-14(2)3/h7,9,16H,5-6H2,1-4H3,(H,12,17). The number of aliphatic hydroxyl groups is 1. The van der Waals surface area contributed by atoms with Crippen molar-refractivity contribution in [2.24, 2.45) is 7.05 Å². The van der Waals surface area contributed by atoms with E-state index in [1.54, 1.807) is 24.9 Å². The van der Waals surface area contributed by atoms with Crippen molar-refractivity contribution in [3.63, 3.8) is 0 Å². The van der Waals surface area contributed by atoms with E-state index in [0.29, 0.717) is 17.8 Å². The van der Waals surface area contributed by atoms with Crippen LogP contribution in [0.25, 0.3) is 0 Å². The van der Waals surface area contributed by atoms with Crippen molar-refractivity contribution in [2.45, 2.75) is 13.0 Å². The lowest BCUT2D eigenvalue weighted by Gasteiger charge is -2.16. The molecule has 0 bridgehead atoms. The zero-order valence-corrected chi connectivity index (χ0v) is 10.8. The number of carbonyl (C=O) groups is 1. The smallest absolute Gasteiger partial charge is 0.254 e. The van der Waals surface area contributed by atoms with Gasteiger partial charge in [0.05, 0.1) is 17.4 Å². The molecule has 2 N–H and O–H groups in total. The largest absolute Gasteiger partial charge is 0.390 e. The van der Waals surface area contributed by atoms with E-state index in [2.05, 4.69) is 10.4 Å². The molecule has 0 aliphatic carbocycles. The molecule has 0 saturated heterocycles. The van der Waals surface area contributed by atoms with Crippen molar-refractivity contribution in [3.8, 4) is 0 Å². The van der Waals surface area contributed by atoms with Crippen LogP contribution in [0.15, 0.2) is 6.20 Å². The van der Waals surface area contributed by atoms with Gasteiger partial charge in [0.15, 0.2) is 0 Å². The van der Waals surface area contributed by atoms with Gasteiger partial charge in [0.25, 0.3) is 5.91 Å². The summed E-state index contributed by atoms with van der Waals surface area (Å²) in [5.41, 5.74) is 1.23. The van der Waals surface area contributed by atoms with Gasteiger partial charge in [-0.25, -0.2) is 0 Å². The van der Waals surface area contributed by atoms with Gasteiger partial charge in [-0.05, 0) is 21.0 Å². The molecule has 6 nitrogen and oxygen atoms in total. The molecule has 0 saturated carbocycles. The third kappa shape index (κ3) is 4.16. The molecule has 1 atom stereocenters. The Morgan fingerprint density at radius 2 is 2.29 bits per heavy atom. The second kappa shape index (κ2) is 5.79. The lowest BCUT2D eigenvalue weighted by Crippen LogP contribution is -2.37. The fourth-order valence-corrected chi connectivity index (χ4v) is 1.61. The molecule has 1 heterocycles. The second-order valence-corrected chi connectivity index (χ2v) is 4.43. The number of aromatic nitrogens is 2. The monoisotopic (exact) mass is 240 g/mol. The summed E-state index contributed by atoms with van der Waals surface area (Å²) >= 11 is 0. The number of carbonyl (C=O) groups excluding carboxylic acids is 1. The van der Waals surface area contributed by atoms with Gasteiger partial charge in [-0.3, -0.25) is 9.48 Å². The van der Waals surface area contributed by atoms with E-state index >= 15 is 0 Å². The summed E-state index contributed by atoms with van der Waals surface area (Å²) in [7, 11) is 5.51. The van der Waals surface area contributed by atoms with Gasteiger partial charge in [-0.1, -0.05) is 0 Å². The van der Waals surface area contributed by atoms with Crippen LogP contribution < -0.4 is 5.32 Å². The Labute approximate surface area is 101 Å². The van der Waals surface area contributed by atoms with Crippen molar-refractivity contribution < 1.29 is 9.90 Å². The molecule has 1 rings (SSSR count). The Balaban J connectivity index is 2.47. The van der Waals surface area contributed by atoms with Gasteiger partial charge < -0.3 is 15.3 Å². The summed E-state index contributed by atoms with van der Waals surface area (Å²) in [6, 6.07) is 0. The van der Waals surface area contributed by atoms with E-state index in [0.717, 1.165) is 0 Å². The zero-order valence-electron chi connectivity index (χ0n) is 10.8. The van der Waals surface area contributed by atoms with Gasteiger partial charge in [-0.15, -0.1) is 0 Å². The molecule has 0 aliphatic heterocycles. The third-order valence-corrected chi connectivity index (χ3v) is 2.33. The number of aliphatic hydroxyl groups excluding tert-OH is 1. The van der Waals surface area contributed by atoms with Crippen LogP contribution in [0, 0.1) is 6.92 Å². The number of amides is 1. The van der Waals surface area contributed by atoms with Crippen LogP contribution in [0.3, 0.4) is 0 Å². The number of nitrogens with one attached hydrogen (secondary N) is 1. The van der Waals surface area contributed by atoms with Crippen LogP contribution in [0.2, 0.25) is 0 Å². The average Bonchev–Trinajstić information content (AvgIpc) is 2.53. The Bertz CT molecular complexity index is 387. The maximum atomic E-state index is 11.8. The predicted octanol–water partition coefficient (Wildman–Crippen LogP) is -0.619. The van der Waals surface area contributed by atoms with Gasteiger partial charge in [0, 0.05) is 26.3 Å². The molecule has 1 amide bonds. The first kappa shape index (κ1) is 13.7. The van der Waals surface area contributed by atoms with E-state index in [9.17, 15) is 9.90 Å². The quantitative estimate of drug-likeness (QED) is 0.719. The number of rotatable bonds is 5. The van der Waals surface area contributed by atoms with Crippen molar-refractivity contribution in [3.05, 3.63) is 17.5 Å². The zero-order chi connectivity index (χ0) is 13.0. The first-order valence-electron chi connectivity index (χ1n) is 5.51. The van der Waals surface area contributed by atoms with Gasteiger partial charge in [-0.2, -0.15) is 5.10 Å². The number of hydrogen-bond acceptors (Lipinski definition) is 4. The van der Waals surface area contributed by atoms with Gasteiger partial charge in [0.1, 0.15) is 0 Å². The number of hydrogen-bond donors (Lipinski definition) is 2. The molecule has 96 valence electrons. The lowest BCUT2D eigenvalue weighted by atomic mass is 10.2. The molecule has 0 fully saturated rings.